The van der Waals surface area contributed by atoms with E-state index in [1.54, 1.807) is 36.1 Å². The van der Waals surface area contributed by atoms with Crippen LogP contribution in [0.2, 0.25) is 0 Å². The summed E-state index contributed by atoms with van der Waals surface area (Å²) in [5, 5.41) is 12.1. The molecule has 1 saturated heterocycles. The van der Waals surface area contributed by atoms with Crippen molar-refractivity contribution in [3.63, 3.8) is 0 Å². The number of nitrogens with zero attached hydrogens (tertiary/aromatic N) is 1. The second-order valence-corrected chi connectivity index (χ2v) is 8.43. The van der Waals surface area contributed by atoms with E-state index < -0.39 is 6.04 Å². The van der Waals surface area contributed by atoms with Crippen molar-refractivity contribution < 1.29 is 19.5 Å². The second kappa shape index (κ2) is 9.46. The highest BCUT2D eigenvalue weighted by atomic mass is 79.9. The first kappa shape index (κ1) is 21.6. The fourth-order valence-corrected chi connectivity index (χ4v) is 3.34. The van der Waals surface area contributed by atoms with E-state index in [2.05, 4.69) is 21.2 Å². The summed E-state index contributed by atoms with van der Waals surface area (Å²) >= 11 is 3.32. The lowest BCUT2D eigenvalue weighted by atomic mass is 9.81. The fraction of sp³-hybridized carbons (Fsp3) is 0.550. The van der Waals surface area contributed by atoms with Crippen LogP contribution in [0.15, 0.2) is 28.7 Å². The van der Waals surface area contributed by atoms with Crippen molar-refractivity contribution in [2.75, 3.05) is 19.7 Å². The zero-order valence-corrected chi connectivity index (χ0v) is 17.4. The molecule has 0 bridgehead atoms. The predicted octanol–water partition coefficient (Wildman–Crippen LogP) is 2.54. The minimum Gasteiger partial charge on any atom is -0.396 e. The number of aliphatic hydroxyl groups excluding tert-OH is 1. The third kappa shape index (κ3) is 6.14. The summed E-state index contributed by atoms with van der Waals surface area (Å²) in [6.07, 6.45) is 1.71. The van der Waals surface area contributed by atoms with E-state index in [4.69, 9.17) is 0 Å². The van der Waals surface area contributed by atoms with Gasteiger partial charge < -0.3 is 15.3 Å². The molecule has 1 unspecified atom stereocenters. The number of halogens is 1. The van der Waals surface area contributed by atoms with E-state index in [0.717, 1.165) is 17.3 Å². The van der Waals surface area contributed by atoms with Crippen molar-refractivity contribution in [2.24, 2.45) is 5.41 Å². The Morgan fingerprint density at radius 1 is 1.19 bits per heavy atom. The number of piperidine rings is 1. The summed E-state index contributed by atoms with van der Waals surface area (Å²) in [5.74, 6) is -0.531. The predicted molar refractivity (Wildman–Crippen MR) is 106 cm³/mol. The molecule has 1 atom stereocenters. The Bertz CT molecular complexity index is 682. The second-order valence-electron chi connectivity index (χ2n) is 7.51. The molecule has 1 fully saturated rings. The molecule has 1 aromatic rings. The van der Waals surface area contributed by atoms with E-state index in [1.807, 2.05) is 6.92 Å². The van der Waals surface area contributed by atoms with E-state index in [9.17, 15) is 19.5 Å². The molecule has 1 aromatic carbocycles. The molecule has 7 heteroatoms. The van der Waals surface area contributed by atoms with Gasteiger partial charge in [-0.3, -0.25) is 14.4 Å². The first-order chi connectivity index (χ1) is 12.7. The Morgan fingerprint density at radius 3 is 2.33 bits per heavy atom. The lowest BCUT2D eigenvalue weighted by Crippen LogP contribution is -2.44. The van der Waals surface area contributed by atoms with Crippen LogP contribution in [0.3, 0.4) is 0 Å². The maximum Gasteiger partial charge on any atom is 0.223 e. The van der Waals surface area contributed by atoms with Gasteiger partial charge in [-0.2, -0.15) is 0 Å². The van der Waals surface area contributed by atoms with E-state index in [0.29, 0.717) is 18.7 Å². The first-order valence-corrected chi connectivity index (χ1v) is 10.0. The Labute approximate surface area is 168 Å². The van der Waals surface area contributed by atoms with Gasteiger partial charge in [0.1, 0.15) is 0 Å². The molecule has 2 amide bonds. The fourth-order valence-electron chi connectivity index (χ4n) is 3.08. The lowest BCUT2D eigenvalue weighted by Gasteiger charge is -2.38. The maximum absolute atomic E-state index is 12.3. The van der Waals surface area contributed by atoms with Crippen molar-refractivity contribution in [3.05, 3.63) is 34.3 Å². The number of likely N-dealkylation sites (tertiary alicyclic amines) is 1. The van der Waals surface area contributed by atoms with Crippen molar-refractivity contribution in [3.8, 4) is 0 Å². The van der Waals surface area contributed by atoms with Gasteiger partial charge in [0.05, 0.1) is 6.04 Å². The maximum atomic E-state index is 12.3. The normalized spacial score (nSPS) is 17.3. The number of carbonyl (C=O) groups is 3. The third-order valence-electron chi connectivity index (χ3n) is 5.17. The van der Waals surface area contributed by atoms with E-state index in [-0.39, 0.29) is 42.5 Å². The topological polar surface area (TPSA) is 86.7 Å². The summed E-state index contributed by atoms with van der Waals surface area (Å²) in [6, 6.07) is 6.32. The number of carbonyl (C=O) groups excluding carboxylic acids is 3. The summed E-state index contributed by atoms with van der Waals surface area (Å²) in [7, 11) is 0. The third-order valence-corrected chi connectivity index (χ3v) is 5.70. The van der Waals surface area contributed by atoms with Gasteiger partial charge in [0.2, 0.25) is 11.8 Å². The van der Waals surface area contributed by atoms with Crippen LogP contribution >= 0.6 is 15.9 Å². The molecule has 0 aromatic heterocycles. The van der Waals surface area contributed by atoms with Gasteiger partial charge >= 0.3 is 0 Å². The van der Waals surface area contributed by atoms with Gasteiger partial charge in [0, 0.05) is 42.6 Å². The molecule has 0 radical (unpaired) electrons. The minimum absolute atomic E-state index is 0.0583. The van der Waals surface area contributed by atoms with Gasteiger partial charge in [0.25, 0.3) is 0 Å². The smallest absolute Gasteiger partial charge is 0.223 e. The number of Topliss-reactive ketones (excluding diaryl/α,β-unsaturated/α-hetero) is 1. The monoisotopic (exact) mass is 438 g/mol. The van der Waals surface area contributed by atoms with Crippen LogP contribution in [0, 0.1) is 5.41 Å². The van der Waals surface area contributed by atoms with Crippen molar-refractivity contribution in [1.29, 1.82) is 0 Å². The van der Waals surface area contributed by atoms with Crippen molar-refractivity contribution >= 4 is 33.5 Å². The van der Waals surface area contributed by atoms with Gasteiger partial charge in [-0.05, 0) is 37.3 Å². The van der Waals surface area contributed by atoms with Crippen LogP contribution in [-0.4, -0.2) is 53.3 Å². The van der Waals surface area contributed by atoms with Crippen LogP contribution in [0.1, 0.15) is 49.9 Å². The standard InChI is InChI=1S/C20H27BrN2O4/c1-14(19(27)15-3-5-16(21)6-4-15)22-17(25)7-8-18(26)23-11-9-20(2,13-24)10-12-23/h3-6,14,24H,7-13H2,1-2H3,(H,22,25). The Balaban J connectivity index is 1.76. The van der Waals surface area contributed by atoms with Crippen LogP contribution < -0.4 is 5.32 Å². The zero-order valence-electron chi connectivity index (χ0n) is 15.8. The molecule has 27 heavy (non-hydrogen) atoms. The van der Waals surface area contributed by atoms with E-state index in [1.165, 1.54) is 0 Å². The molecule has 6 nitrogen and oxygen atoms in total. The van der Waals surface area contributed by atoms with Crippen LogP contribution in [0.25, 0.3) is 0 Å². The van der Waals surface area contributed by atoms with Crippen LogP contribution in [0.4, 0.5) is 0 Å². The SMILES string of the molecule is CC(NC(=O)CCC(=O)N1CCC(C)(CO)CC1)C(=O)c1ccc(Br)cc1. The summed E-state index contributed by atoms with van der Waals surface area (Å²) in [4.78, 5) is 38.5. The minimum atomic E-state index is -0.644. The highest BCUT2D eigenvalue weighted by molar-refractivity contribution is 9.10. The van der Waals surface area contributed by atoms with Gasteiger partial charge in [0.15, 0.2) is 5.78 Å². The number of hydrogen-bond acceptors (Lipinski definition) is 4. The Hall–Kier alpha value is -1.73. The van der Waals surface area contributed by atoms with E-state index >= 15 is 0 Å². The largest absolute Gasteiger partial charge is 0.396 e. The molecule has 1 heterocycles. The highest BCUT2D eigenvalue weighted by Crippen LogP contribution is 2.30. The number of nitrogens with one attached hydrogen (secondary N) is 1. The molecule has 148 valence electrons. The molecule has 0 aliphatic carbocycles. The van der Waals surface area contributed by atoms with Crippen molar-refractivity contribution in [2.45, 2.75) is 45.6 Å². The number of amides is 2. The van der Waals surface area contributed by atoms with Gasteiger partial charge in [-0.1, -0.05) is 35.0 Å². The average Bonchev–Trinajstić information content (AvgIpc) is 2.66. The Morgan fingerprint density at radius 2 is 1.78 bits per heavy atom. The number of rotatable bonds is 7. The first-order valence-electron chi connectivity index (χ1n) is 9.22. The molecular formula is C20H27BrN2O4. The zero-order chi connectivity index (χ0) is 20.0. The molecule has 0 spiro atoms. The summed E-state index contributed by atoms with van der Waals surface area (Å²) < 4.78 is 0.881. The van der Waals surface area contributed by atoms with Crippen molar-refractivity contribution in [1.82, 2.24) is 10.2 Å². The average molecular weight is 439 g/mol. The lowest BCUT2D eigenvalue weighted by molar-refractivity contribution is -0.135. The van der Waals surface area contributed by atoms with Crippen LogP contribution in [-0.2, 0) is 9.59 Å². The molecule has 2 rings (SSSR count). The number of benzene rings is 1. The van der Waals surface area contributed by atoms with Gasteiger partial charge in [-0.25, -0.2) is 0 Å². The van der Waals surface area contributed by atoms with Crippen LogP contribution in [0.5, 0.6) is 0 Å². The highest BCUT2D eigenvalue weighted by Gasteiger charge is 2.31. The molecule has 1 aliphatic heterocycles. The molecule has 1 aliphatic rings. The molecule has 0 saturated carbocycles. The number of ketones is 1. The van der Waals surface area contributed by atoms with Gasteiger partial charge in [-0.15, -0.1) is 0 Å². The number of aliphatic hydroxyl groups is 1. The molecule has 2 N–H and O–H groups in total. The molecular weight excluding hydrogens is 412 g/mol. The Kier molecular flexibility index (Phi) is 7.56. The quantitative estimate of drug-likeness (QED) is 0.640. The summed E-state index contributed by atoms with van der Waals surface area (Å²) in [5.41, 5.74) is 0.416. The summed E-state index contributed by atoms with van der Waals surface area (Å²) in [6.45, 7) is 5.00. The number of hydrogen-bond donors (Lipinski definition) is 2.